The van der Waals surface area contributed by atoms with Crippen LogP contribution in [0.5, 0.6) is 0 Å². The van der Waals surface area contributed by atoms with Crippen LogP contribution in [0.2, 0.25) is 0 Å². The molecule has 0 amide bonds. The van der Waals surface area contributed by atoms with Gasteiger partial charge in [0.05, 0.1) is 5.56 Å². The Morgan fingerprint density at radius 1 is 0.531 bits per heavy atom. The molecule has 0 aromatic heterocycles. The molecule has 5 rings (SSSR count). The molecule has 0 saturated heterocycles. The average Bonchev–Trinajstić information content (AvgIpc) is 2.82. The van der Waals surface area contributed by atoms with E-state index in [1.165, 1.54) is 6.07 Å². The van der Waals surface area contributed by atoms with Crippen LogP contribution in [0.4, 0.5) is 0 Å². The van der Waals surface area contributed by atoms with E-state index in [0.717, 1.165) is 0 Å². The Hall–Kier alpha value is -3.87. The van der Waals surface area contributed by atoms with Crippen LogP contribution in [0.15, 0.2) is 95.9 Å². The van der Waals surface area contributed by atoms with E-state index < -0.39 is 26.6 Å². The summed E-state index contributed by atoms with van der Waals surface area (Å²) in [5.41, 5.74) is 1.75. The molecule has 0 spiro atoms. The zero-order chi connectivity index (χ0) is 22.5. The molecule has 0 unspecified atom stereocenters. The van der Waals surface area contributed by atoms with Gasteiger partial charge in [0.1, 0.15) is 4.90 Å². The molecular weight excluding hydrogens is 424 g/mol. The third-order valence-electron chi connectivity index (χ3n) is 5.57. The van der Waals surface area contributed by atoms with Crippen molar-refractivity contribution in [2.75, 3.05) is 0 Å². The summed E-state index contributed by atoms with van der Waals surface area (Å²) in [6.07, 6.45) is 0. The SMILES string of the molecule is O=C1c2ccccc2C(=O)c2c1cc(-c1ccccc1)c(-c1ccccc1)c2S(=O)(=O)O. The summed E-state index contributed by atoms with van der Waals surface area (Å²) in [5.74, 6) is -1.07. The number of ketones is 2. The highest BCUT2D eigenvalue weighted by Crippen LogP contribution is 2.43. The zero-order valence-electron chi connectivity index (χ0n) is 16.6. The molecule has 0 radical (unpaired) electrons. The van der Waals surface area contributed by atoms with Gasteiger partial charge in [0.25, 0.3) is 10.1 Å². The number of hydrogen-bond acceptors (Lipinski definition) is 4. The van der Waals surface area contributed by atoms with Crippen LogP contribution in [0.25, 0.3) is 22.3 Å². The number of carbonyl (C=O) groups excluding carboxylic acids is 2. The summed E-state index contributed by atoms with van der Waals surface area (Å²) in [4.78, 5) is 26.2. The highest BCUT2D eigenvalue weighted by Gasteiger charge is 2.38. The Bertz CT molecular complexity index is 1510. The van der Waals surface area contributed by atoms with Crippen LogP contribution in [0.3, 0.4) is 0 Å². The van der Waals surface area contributed by atoms with Crippen molar-refractivity contribution in [3.05, 3.63) is 113 Å². The lowest BCUT2D eigenvalue weighted by molar-refractivity contribution is 0.0976. The summed E-state index contributed by atoms with van der Waals surface area (Å²) >= 11 is 0. The number of hydrogen-bond donors (Lipinski definition) is 1. The number of carbonyl (C=O) groups is 2. The van der Waals surface area contributed by atoms with Crippen molar-refractivity contribution in [1.82, 2.24) is 0 Å². The Balaban J connectivity index is 1.99. The lowest BCUT2D eigenvalue weighted by Gasteiger charge is -2.24. The minimum atomic E-state index is -4.89. The van der Waals surface area contributed by atoms with Gasteiger partial charge in [0, 0.05) is 22.3 Å². The molecule has 1 aliphatic rings. The quantitative estimate of drug-likeness (QED) is 0.397. The van der Waals surface area contributed by atoms with E-state index in [2.05, 4.69) is 0 Å². The first-order valence-electron chi connectivity index (χ1n) is 9.85. The molecule has 0 atom stereocenters. The fourth-order valence-corrected chi connectivity index (χ4v) is 5.16. The smallest absolute Gasteiger partial charge is 0.289 e. The predicted molar refractivity (Wildman–Crippen MR) is 120 cm³/mol. The topological polar surface area (TPSA) is 88.5 Å². The second-order valence-corrected chi connectivity index (χ2v) is 8.82. The molecule has 156 valence electrons. The Morgan fingerprint density at radius 3 is 1.59 bits per heavy atom. The number of benzene rings is 4. The Morgan fingerprint density at radius 2 is 1.03 bits per heavy atom. The van der Waals surface area contributed by atoms with Crippen LogP contribution in [-0.2, 0) is 10.1 Å². The average molecular weight is 440 g/mol. The fourth-order valence-electron chi connectivity index (χ4n) is 4.22. The van der Waals surface area contributed by atoms with Gasteiger partial charge in [-0.2, -0.15) is 8.42 Å². The number of rotatable bonds is 3. The molecule has 4 aromatic carbocycles. The molecule has 0 fully saturated rings. The van der Waals surface area contributed by atoms with Crippen LogP contribution >= 0.6 is 0 Å². The largest absolute Gasteiger partial charge is 0.295 e. The van der Waals surface area contributed by atoms with E-state index in [9.17, 15) is 22.6 Å². The highest BCUT2D eigenvalue weighted by atomic mass is 32.2. The number of fused-ring (bicyclic) bond motifs is 2. The monoisotopic (exact) mass is 440 g/mol. The normalized spacial score (nSPS) is 12.9. The summed E-state index contributed by atoms with van der Waals surface area (Å²) in [6.45, 7) is 0. The van der Waals surface area contributed by atoms with Crippen LogP contribution < -0.4 is 0 Å². The first kappa shape index (κ1) is 20.1. The summed E-state index contributed by atoms with van der Waals surface area (Å²) in [6, 6.07) is 25.5. The first-order chi connectivity index (χ1) is 15.4. The van der Waals surface area contributed by atoms with Gasteiger partial charge in [-0.1, -0.05) is 84.9 Å². The van der Waals surface area contributed by atoms with Gasteiger partial charge >= 0.3 is 0 Å². The summed E-state index contributed by atoms with van der Waals surface area (Å²) in [7, 11) is -4.89. The lowest BCUT2D eigenvalue weighted by Crippen LogP contribution is -2.24. The molecule has 4 aromatic rings. The van der Waals surface area contributed by atoms with Gasteiger partial charge < -0.3 is 0 Å². The van der Waals surface area contributed by atoms with Crippen molar-refractivity contribution in [1.29, 1.82) is 0 Å². The van der Waals surface area contributed by atoms with Gasteiger partial charge in [0.2, 0.25) is 0 Å². The molecule has 6 heteroatoms. The summed E-state index contributed by atoms with van der Waals surface area (Å²) < 4.78 is 35.8. The van der Waals surface area contributed by atoms with Crippen LogP contribution in [0.1, 0.15) is 31.8 Å². The molecule has 0 saturated carbocycles. The maximum atomic E-state index is 13.4. The minimum absolute atomic E-state index is 0.0418. The van der Waals surface area contributed by atoms with E-state index in [4.69, 9.17) is 0 Å². The zero-order valence-corrected chi connectivity index (χ0v) is 17.5. The van der Waals surface area contributed by atoms with Crippen molar-refractivity contribution in [2.45, 2.75) is 4.90 Å². The van der Waals surface area contributed by atoms with Gasteiger partial charge in [-0.25, -0.2) is 0 Å². The van der Waals surface area contributed by atoms with Crippen LogP contribution in [-0.4, -0.2) is 24.5 Å². The van der Waals surface area contributed by atoms with E-state index in [0.29, 0.717) is 16.7 Å². The van der Waals surface area contributed by atoms with Crippen molar-refractivity contribution in [3.8, 4) is 22.3 Å². The molecule has 32 heavy (non-hydrogen) atoms. The Kier molecular flexibility index (Phi) is 4.62. The van der Waals surface area contributed by atoms with Crippen molar-refractivity contribution >= 4 is 21.7 Å². The third-order valence-corrected chi connectivity index (χ3v) is 6.50. The highest BCUT2D eigenvalue weighted by molar-refractivity contribution is 7.86. The standard InChI is InChI=1S/C26H16O5S/c27-24-18-13-7-8-14-19(18)25(28)23-21(24)15-20(16-9-3-1-4-10-16)22(26(23)32(29,30)31)17-11-5-2-6-12-17/h1-15H,(H,29,30,31). The predicted octanol–water partition coefficient (Wildman–Crippen LogP) is 5.04. The second kappa shape index (κ2) is 7.37. The molecule has 0 bridgehead atoms. The van der Waals surface area contributed by atoms with Gasteiger partial charge in [-0.05, 0) is 22.8 Å². The van der Waals surface area contributed by atoms with Crippen molar-refractivity contribution in [2.24, 2.45) is 0 Å². The first-order valence-corrected chi connectivity index (χ1v) is 11.3. The molecular formula is C26H16O5S. The maximum Gasteiger partial charge on any atom is 0.295 e. The van der Waals surface area contributed by atoms with Crippen molar-refractivity contribution in [3.63, 3.8) is 0 Å². The second-order valence-electron chi connectivity index (χ2n) is 7.46. The van der Waals surface area contributed by atoms with Gasteiger partial charge in [-0.15, -0.1) is 0 Å². The van der Waals surface area contributed by atoms with Crippen molar-refractivity contribution < 1.29 is 22.6 Å². The summed E-state index contributed by atoms with van der Waals surface area (Å²) in [5, 5.41) is 0. The van der Waals surface area contributed by atoms with E-state index in [1.807, 2.05) is 6.07 Å². The third kappa shape index (κ3) is 3.09. The maximum absolute atomic E-state index is 13.4. The van der Waals surface area contributed by atoms with Gasteiger partial charge in [0.15, 0.2) is 11.6 Å². The minimum Gasteiger partial charge on any atom is -0.289 e. The van der Waals surface area contributed by atoms with E-state index in [-0.39, 0.29) is 27.8 Å². The molecule has 5 nitrogen and oxygen atoms in total. The molecule has 1 aliphatic carbocycles. The Labute approximate surface area is 184 Å². The van der Waals surface area contributed by atoms with Gasteiger partial charge in [-0.3, -0.25) is 14.1 Å². The molecule has 0 heterocycles. The lowest BCUT2D eigenvalue weighted by atomic mass is 9.80. The van der Waals surface area contributed by atoms with E-state index in [1.54, 1.807) is 78.9 Å². The van der Waals surface area contributed by atoms with E-state index >= 15 is 0 Å². The molecule has 0 aliphatic heterocycles. The molecule has 1 N–H and O–H groups in total. The van der Waals surface area contributed by atoms with Crippen LogP contribution in [0, 0.1) is 0 Å². The fraction of sp³-hybridized carbons (Fsp3) is 0.